The van der Waals surface area contributed by atoms with Gasteiger partial charge in [-0.25, -0.2) is 9.21 Å². The quantitative estimate of drug-likeness (QED) is 0.0533. The summed E-state index contributed by atoms with van der Waals surface area (Å²) in [7, 11) is 2.99. The summed E-state index contributed by atoms with van der Waals surface area (Å²) in [5, 5.41) is 9.40. The molecule has 0 aliphatic carbocycles. The summed E-state index contributed by atoms with van der Waals surface area (Å²) in [6.45, 7) is 8.01. The highest BCUT2D eigenvalue weighted by atomic mass is 35.5. The van der Waals surface area contributed by atoms with Crippen molar-refractivity contribution < 1.29 is 28.6 Å². The van der Waals surface area contributed by atoms with Gasteiger partial charge in [0, 0.05) is 24.7 Å². The molecule has 2 amide bonds. The molecule has 9 nitrogen and oxygen atoms in total. The summed E-state index contributed by atoms with van der Waals surface area (Å²) in [5.41, 5.74) is 1.61. The second kappa shape index (κ2) is 17.9. The highest BCUT2D eigenvalue weighted by Gasteiger charge is 2.27. The number of hydrogen-bond acceptors (Lipinski definition) is 7. The van der Waals surface area contributed by atoms with Gasteiger partial charge < -0.3 is 24.8 Å². The maximum Gasteiger partial charge on any atom is 0.328 e. The van der Waals surface area contributed by atoms with E-state index in [1.165, 1.54) is 17.6 Å². The molecule has 10 heteroatoms. The van der Waals surface area contributed by atoms with Crippen molar-refractivity contribution >= 4 is 51.1 Å². The average Bonchev–Trinajstić information content (AvgIpc) is 3.09. The average molecular weight is 672 g/mol. The Morgan fingerprint density at radius 3 is 1.98 bits per heavy atom. The predicted molar refractivity (Wildman–Crippen MR) is 191 cm³/mol. The van der Waals surface area contributed by atoms with E-state index in [-0.39, 0.29) is 13.0 Å². The molecule has 0 saturated heterocycles. The third-order valence-electron chi connectivity index (χ3n) is 7.81. The first-order valence-corrected chi connectivity index (χ1v) is 16.2. The summed E-state index contributed by atoms with van der Waals surface area (Å²) < 4.78 is 18.8. The van der Waals surface area contributed by atoms with Crippen molar-refractivity contribution in [2.24, 2.45) is 0 Å². The zero-order valence-corrected chi connectivity index (χ0v) is 28.1. The van der Waals surface area contributed by atoms with Crippen LogP contribution in [0.4, 0.5) is 0 Å². The molecule has 252 valence electrons. The molecule has 0 aliphatic rings. The van der Waals surface area contributed by atoms with Crippen molar-refractivity contribution in [2.75, 3.05) is 33.9 Å². The van der Waals surface area contributed by atoms with Crippen LogP contribution in [0.5, 0.6) is 11.5 Å². The topological polar surface area (TPSA) is 106 Å². The number of nitrogens with one attached hydrogen (secondary N) is 2. The van der Waals surface area contributed by atoms with Crippen LogP contribution in [-0.2, 0) is 19.1 Å². The largest absolute Gasteiger partial charge is 0.489 e. The molecule has 2 N–H and O–H groups in total. The Kier molecular flexibility index (Phi) is 13.4. The highest BCUT2D eigenvalue weighted by Crippen LogP contribution is 2.45. The lowest BCUT2D eigenvalue weighted by Gasteiger charge is -2.22. The van der Waals surface area contributed by atoms with Crippen LogP contribution in [0, 0.1) is 0 Å². The molecule has 4 aromatic carbocycles. The number of rotatable bonds is 18. The van der Waals surface area contributed by atoms with Crippen molar-refractivity contribution in [3.8, 4) is 22.6 Å². The number of fused-ring (bicyclic) bond motifs is 2. The van der Waals surface area contributed by atoms with Crippen molar-refractivity contribution in [3.63, 3.8) is 0 Å². The number of nitrogens with zero attached hydrogens (tertiary/aromatic N) is 1. The second-order valence-electron chi connectivity index (χ2n) is 11.3. The Hall–Kier alpha value is -4.86. The summed E-state index contributed by atoms with van der Waals surface area (Å²) in [6.07, 6.45) is 5.01. The first-order chi connectivity index (χ1) is 23.3. The molecule has 2 atom stereocenters. The van der Waals surface area contributed by atoms with E-state index in [0.717, 1.165) is 32.7 Å². The van der Waals surface area contributed by atoms with Gasteiger partial charge in [0.2, 0.25) is 5.91 Å². The van der Waals surface area contributed by atoms with E-state index in [2.05, 4.69) is 23.8 Å². The summed E-state index contributed by atoms with van der Waals surface area (Å²) in [5.74, 6) is -0.479. The first kappa shape index (κ1) is 36.0. The summed E-state index contributed by atoms with van der Waals surface area (Å²) in [4.78, 5) is 39.0. The third kappa shape index (κ3) is 9.36. The fourth-order valence-corrected chi connectivity index (χ4v) is 5.65. The van der Waals surface area contributed by atoms with Gasteiger partial charge in [-0.2, -0.15) is 0 Å². The van der Waals surface area contributed by atoms with Crippen LogP contribution in [0.1, 0.15) is 25.7 Å². The van der Waals surface area contributed by atoms with Crippen molar-refractivity contribution in [2.45, 2.75) is 37.8 Å². The number of halogens is 1. The van der Waals surface area contributed by atoms with Gasteiger partial charge in [-0.15, -0.1) is 6.58 Å². The lowest BCUT2D eigenvalue weighted by Crippen LogP contribution is -2.52. The lowest BCUT2D eigenvalue weighted by atomic mass is 9.92. The smallest absolute Gasteiger partial charge is 0.328 e. The number of ether oxygens (including phenoxy) is 3. The number of esters is 1. The molecule has 4 rings (SSSR count). The van der Waals surface area contributed by atoms with E-state index >= 15 is 0 Å². The highest BCUT2D eigenvalue weighted by molar-refractivity contribution is 6.13. The van der Waals surface area contributed by atoms with Crippen molar-refractivity contribution in [3.05, 3.63) is 98.1 Å². The maximum absolute atomic E-state index is 13.4. The number of carbonyl (C=O) groups excluding carboxylic acids is 3. The minimum atomic E-state index is -0.928. The Morgan fingerprint density at radius 2 is 1.42 bits per heavy atom. The van der Waals surface area contributed by atoms with Gasteiger partial charge in [-0.1, -0.05) is 79.4 Å². The van der Waals surface area contributed by atoms with Gasteiger partial charge in [-0.05, 0) is 71.1 Å². The number of carbonyl (C=O) groups is 3. The van der Waals surface area contributed by atoms with Gasteiger partial charge >= 0.3 is 5.97 Å². The molecule has 0 radical (unpaired) electrons. The Morgan fingerprint density at radius 1 is 0.812 bits per heavy atom. The fourth-order valence-electron chi connectivity index (χ4n) is 5.53. The van der Waals surface area contributed by atoms with E-state index in [4.69, 9.17) is 26.0 Å². The zero-order valence-electron chi connectivity index (χ0n) is 27.4. The van der Waals surface area contributed by atoms with Crippen LogP contribution in [0.2, 0.25) is 0 Å². The number of benzene rings is 4. The van der Waals surface area contributed by atoms with Gasteiger partial charge in [0.1, 0.15) is 30.2 Å². The van der Waals surface area contributed by atoms with Crippen LogP contribution in [0.25, 0.3) is 32.7 Å². The Bertz CT molecular complexity index is 1760. The molecular weight excluding hydrogens is 630 g/mol. The van der Waals surface area contributed by atoms with Gasteiger partial charge in [0.25, 0.3) is 5.91 Å². The minimum Gasteiger partial charge on any atom is -0.489 e. The minimum absolute atomic E-state index is 0.177. The molecule has 0 bridgehead atoms. The molecule has 4 aromatic rings. The molecule has 0 saturated carbocycles. The maximum atomic E-state index is 13.4. The monoisotopic (exact) mass is 671 g/mol. The fraction of sp³-hybridized carbons (Fsp3) is 0.289. The molecule has 0 aromatic heterocycles. The van der Waals surface area contributed by atoms with Gasteiger partial charge in [0.15, 0.2) is 6.61 Å². The standard InChI is InChI=1S/C38H42ClN3O6/c1-5-13-31(38(45)46-4)41-37(44)30(18-11-12-23-42(3)39)40-34(43)25-48-33-22-20-27-15-8-10-17-29(27)36(33)35-28-16-9-7-14-26(28)19-21-32(35)47-24-6-2/h5-10,14-17,19-22,30-31H,1-2,11-13,18,23-25H2,3-4H3,(H,40,43)(H,41,44)/t30-,31+/m1/s1. The molecule has 48 heavy (non-hydrogen) atoms. The molecule has 0 unspecified atom stereocenters. The van der Waals surface area contributed by atoms with E-state index < -0.39 is 29.9 Å². The molecule has 0 spiro atoms. The summed E-state index contributed by atoms with van der Waals surface area (Å²) in [6, 6.07) is 21.8. The van der Waals surface area contributed by atoms with E-state index in [0.29, 0.717) is 43.9 Å². The third-order valence-corrected chi connectivity index (χ3v) is 7.98. The number of amides is 2. The van der Waals surface area contributed by atoms with E-state index in [1.807, 2.05) is 72.8 Å². The second-order valence-corrected chi connectivity index (χ2v) is 11.8. The first-order valence-electron chi connectivity index (χ1n) is 15.8. The SMILES string of the molecule is C=CCOc1ccc2ccccc2c1-c1c(OCC(=O)N[C@H](CCCCN(C)Cl)C(=O)N[C@@H](CC=C)C(=O)OC)ccc2ccccc12. The predicted octanol–water partition coefficient (Wildman–Crippen LogP) is 6.58. The summed E-state index contributed by atoms with van der Waals surface area (Å²) >= 11 is 5.95. The van der Waals surface area contributed by atoms with Crippen LogP contribution >= 0.6 is 11.8 Å². The normalized spacial score (nSPS) is 12.2. The number of methoxy groups -OCH3 is 1. The van der Waals surface area contributed by atoms with E-state index in [1.54, 1.807) is 13.1 Å². The van der Waals surface area contributed by atoms with Crippen molar-refractivity contribution in [1.82, 2.24) is 15.1 Å². The van der Waals surface area contributed by atoms with E-state index in [9.17, 15) is 14.4 Å². The molecule has 0 heterocycles. The molecule has 0 aliphatic heterocycles. The van der Waals surface area contributed by atoms with Crippen LogP contribution in [0.3, 0.4) is 0 Å². The van der Waals surface area contributed by atoms with Crippen LogP contribution in [0.15, 0.2) is 98.1 Å². The molecular formula is C38H42ClN3O6. The molecule has 0 fully saturated rings. The lowest BCUT2D eigenvalue weighted by molar-refractivity contribution is -0.145. The van der Waals surface area contributed by atoms with Gasteiger partial charge in [0.05, 0.1) is 7.11 Å². The van der Waals surface area contributed by atoms with Gasteiger partial charge in [-0.3, -0.25) is 9.59 Å². The number of hydrogen-bond donors (Lipinski definition) is 2. The zero-order chi connectivity index (χ0) is 34.5. The Labute approximate surface area is 286 Å². The van der Waals surface area contributed by atoms with Crippen LogP contribution < -0.4 is 20.1 Å². The van der Waals surface area contributed by atoms with Crippen LogP contribution in [-0.4, -0.2) is 68.2 Å². The number of unbranched alkanes of at least 4 members (excludes halogenated alkanes) is 1. The van der Waals surface area contributed by atoms with Crippen molar-refractivity contribution in [1.29, 1.82) is 0 Å². The Balaban J connectivity index is 1.64.